The number of amides is 1. The van der Waals surface area contributed by atoms with Gasteiger partial charge in [0.2, 0.25) is 0 Å². The standard InChI is InChI=1S/C30H30ClNO6/c1-6-38-24-14-8-18(15-21(24)30(2,3)4)27(34)25-26(17-7-13-23(33)22(31)16-17)32(29(36)28(25)35)19-9-11-20(37-5)12-10-19/h7-16,26,33-34H,6H2,1-5H3/b27-25-. The van der Waals surface area contributed by atoms with E-state index in [0.717, 1.165) is 5.56 Å². The number of aliphatic hydroxyl groups is 1. The zero-order valence-electron chi connectivity index (χ0n) is 21.9. The highest BCUT2D eigenvalue weighted by molar-refractivity contribution is 6.51. The van der Waals surface area contributed by atoms with Crippen LogP contribution in [-0.4, -0.2) is 35.6 Å². The van der Waals surface area contributed by atoms with Crippen molar-refractivity contribution in [3.05, 3.63) is 87.9 Å². The van der Waals surface area contributed by atoms with Crippen LogP contribution in [0.5, 0.6) is 17.2 Å². The first-order valence-electron chi connectivity index (χ1n) is 12.2. The maximum atomic E-state index is 13.5. The Morgan fingerprint density at radius 3 is 2.29 bits per heavy atom. The Morgan fingerprint density at radius 2 is 1.71 bits per heavy atom. The molecule has 7 nitrogen and oxygen atoms in total. The number of hydrogen-bond acceptors (Lipinski definition) is 6. The maximum absolute atomic E-state index is 13.5. The lowest BCUT2D eigenvalue weighted by molar-refractivity contribution is -0.132. The largest absolute Gasteiger partial charge is 0.507 e. The number of benzene rings is 3. The predicted octanol–water partition coefficient (Wildman–Crippen LogP) is 6.38. The highest BCUT2D eigenvalue weighted by atomic mass is 35.5. The number of nitrogens with zero attached hydrogens (tertiary/aromatic N) is 1. The van der Waals surface area contributed by atoms with E-state index in [1.165, 1.54) is 24.1 Å². The normalized spacial score (nSPS) is 17.1. The molecular formula is C30H30ClNO6. The summed E-state index contributed by atoms with van der Waals surface area (Å²) < 4.78 is 11.0. The molecule has 0 aliphatic carbocycles. The molecule has 8 heteroatoms. The van der Waals surface area contributed by atoms with Crippen LogP contribution >= 0.6 is 11.6 Å². The van der Waals surface area contributed by atoms with Crippen molar-refractivity contribution < 1.29 is 29.3 Å². The van der Waals surface area contributed by atoms with Gasteiger partial charge in [-0.2, -0.15) is 0 Å². The van der Waals surface area contributed by atoms with Gasteiger partial charge in [-0.25, -0.2) is 0 Å². The quantitative estimate of drug-likeness (QED) is 0.216. The fraction of sp³-hybridized carbons (Fsp3) is 0.267. The van der Waals surface area contributed by atoms with E-state index in [0.29, 0.717) is 34.9 Å². The molecule has 0 spiro atoms. The predicted molar refractivity (Wildman–Crippen MR) is 147 cm³/mol. The van der Waals surface area contributed by atoms with Crippen molar-refractivity contribution in [2.24, 2.45) is 0 Å². The molecule has 0 saturated carbocycles. The molecule has 1 unspecified atom stereocenters. The van der Waals surface area contributed by atoms with Gasteiger partial charge in [-0.05, 0) is 72.5 Å². The molecule has 1 aliphatic heterocycles. The molecule has 0 aromatic heterocycles. The van der Waals surface area contributed by atoms with E-state index in [1.807, 2.05) is 27.7 Å². The Hall–Kier alpha value is -3.97. The van der Waals surface area contributed by atoms with Gasteiger partial charge in [0.1, 0.15) is 23.0 Å². The third-order valence-electron chi connectivity index (χ3n) is 6.44. The molecule has 3 aromatic rings. The minimum absolute atomic E-state index is 0.0545. The number of phenolic OH excluding ortho intramolecular Hbond substituents is 1. The Kier molecular flexibility index (Phi) is 7.42. The summed E-state index contributed by atoms with van der Waals surface area (Å²) in [6, 6.07) is 15.3. The van der Waals surface area contributed by atoms with Crippen LogP contribution in [0, 0.1) is 0 Å². The number of aliphatic hydroxyl groups excluding tert-OH is 1. The Morgan fingerprint density at radius 1 is 1.03 bits per heavy atom. The topological polar surface area (TPSA) is 96.3 Å². The molecule has 1 aliphatic rings. The van der Waals surface area contributed by atoms with E-state index in [9.17, 15) is 19.8 Å². The first-order chi connectivity index (χ1) is 18.0. The Labute approximate surface area is 226 Å². The summed E-state index contributed by atoms with van der Waals surface area (Å²) >= 11 is 6.21. The van der Waals surface area contributed by atoms with Crippen LogP contribution in [0.25, 0.3) is 5.76 Å². The fourth-order valence-electron chi connectivity index (χ4n) is 4.55. The van der Waals surface area contributed by atoms with Crippen molar-refractivity contribution in [1.82, 2.24) is 0 Å². The summed E-state index contributed by atoms with van der Waals surface area (Å²) in [5, 5.41) is 21.6. The summed E-state index contributed by atoms with van der Waals surface area (Å²) in [5.74, 6) is -0.831. The highest BCUT2D eigenvalue weighted by Crippen LogP contribution is 2.44. The lowest BCUT2D eigenvalue weighted by Crippen LogP contribution is -2.29. The number of rotatable bonds is 6. The third-order valence-corrected chi connectivity index (χ3v) is 6.75. The molecule has 1 atom stereocenters. The monoisotopic (exact) mass is 535 g/mol. The van der Waals surface area contributed by atoms with Crippen molar-refractivity contribution in [2.45, 2.75) is 39.2 Å². The summed E-state index contributed by atoms with van der Waals surface area (Å²) in [6.07, 6.45) is 0. The first-order valence-corrected chi connectivity index (χ1v) is 12.6. The van der Waals surface area contributed by atoms with Gasteiger partial charge in [-0.15, -0.1) is 0 Å². The molecule has 1 heterocycles. The second-order valence-corrected chi connectivity index (χ2v) is 10.4. The van der Waals surface area contributed by atoms with Gasteiger partial charge in [0.15, 0.2) is 0 Å². The number of hydrogen-bond donors (Lipinski definition) is 2. The van der Waals surface area contributed by atoms with Gasteiger partial charge in [0.05, 0.1) is 30.4 Å². The minimum atomic E-state index is -0.994. The van der Waals surface area contributed by atoms with Crippen LogP contribution in [0.15, 0.2) is 66.2 Å². The molecule has 1 saturated heterocycles. The van der Waals surface area contributed by atoms with Gasteiger partial charge < -0.3 is 19.7 Å². The molecule has 1 amide bonds. The van der Waals surface area contributed by atoms with E-state index >= 15 is 0 Å². The summed E-state index contributed by atoms with van der Waals surface area (Å²) in [4.78, 5) is 28.2. The Balaban J connectivity index is 1.95. The molecular weight excluding hydrogens is 506 g/mol. The number of aromatic hydroxyl groups is 1. The summed E-state index contributed by atoms with van der Waals surface area (Å²) in [6.45, 7) is 8.44. The van der Waals surface area contributed by atoms with Crippen molar-refractivity contribution in [1.29, 1.82) is 0 Å². The average Bonchev–Trinajstić information content (AvgIpc) is 3.15. The molecule has 3 aromatic carbocycles. The zero-order valence-corrected chi connectivity index (χ0v) is 22.7. The second kappa shape index (κ2) is 10.4. The van der Waals surface area contributed by atoms with Gasteiger partial charge >= 0.3 is 0 Å². The molecule has 4 rings (SSSR count). The molecule has 0 bridgehead atoms. The minimum Gasteiger partial charge on any atom is -0.507 e. The van der Waals surface area contributed by atoms with Crippen LogP contribution in [0.2, 0.25) is 5.02 Å². The van der Waals surface area contributed by atoms with Crippen molar-refractivity contribution >= 4 is 34.7 Å². The van der Waals surface area contributed by atoms with Crippen molar-refractivity contribution in [2.75, 3.05) is 18.6 Å². The van der Waals surface area contributed by atoms with Gasteiger partial charge in [-0.1, -0.05) is 38.4 Å². The number of ether oxygens (including phenoxy) is 2. The molecule has 1 fully saturated rings. The number of Topliss-reactive ketones (excluding diaryl/α,β-unsaturated/α-hetero) is 1. The summed E-state index contributed by atoms with van der Waals surface area (Å²) in [7, 11) is 1.53. The second-order valence-electron chi connectivity index (χ2n) is 9.97. The number of phenols is 1. The van der Waals surface area contributed by atoms with Crippen molar-refractivity contribution in [3.63, 3.8) is 0 Å². The molecule has 2 N–H and O–H groups in total. The first kappa shape index (κ1) is 27.1. The zero-order chi connectivity index (χ0) is 27.8. The smallest absolute Gasteiger partial charge is 0.300 e. The number of methoxy groups -OCH3 is 1. The lowest BCUT2D eigenvalue weighted by atomic mass is 9.84. The van der Waals surface area contributed by atoms with E-state index in [-0.39, 0.29) is 27.5 Å². The van der Waals surface area contributed by atoms with Crippen LogP contribution in [0.1, 0.15) is 50.4 Å². The van der Waals surface area contributed by atoms with Gasteiger partial charge in [0.25, 0.3) is 11.7 Å². The Bertz CT molecular complexity index is 1420. The van der Waals surface area contributed by atoms with Crippen LogP contribution in [-0.2, 0) is 15.0 Å². The maximum Gasteiger partial charge on any atom is 0.300 e. The molecule has 38 heavy (non-hydrogen) atoms. The number of carbonyl (C=O) groups excluding carboxylic acids is 2. The van der Waals surface area contributed by atoms with Crippen molar-refractivity contribution in [3.8, 4) is 17.2 Å². The highest BCUT2D eigenvalue weighted by Gasteiger charge is 2.47. The molecule has 198 valence electrons. The van der Waals surface area contributed by atoms with Crippen LogP contribution in [0.4, 0.5) is 5.69 Å². The third kappa shape index (κ3) is 4.94. The van der Waals surface area contributed by atoms with Crippen LogP contribution in [0.3, 0.4) is 0 Å². The average molecular weight is 536 g/mol. The van der Waals surface area contributed by atoms with E-state index < -0.39 is 17.7 Å². The lowest BCUT2D eigenvalue weighted by Gasteiger charge is -2.26. The van der Waals surface area contributed by atoms with E-state index in [4.69, 9.17) is 21.1 Å². The van der Waals surface area contributed by atoms with E-state index in [1.54, 1.807) is 48.5 Å². The molecule has 0 radical (unpaired) electrons. The van der Waals surface area contributed by atoms with Gasteiger partial charge in [0, 0.05) is 16.8 Å². The number of halogens is 1. The SMILES string of the molecule is CCOc1ccc(/C(O)=C2/C(=O)C(=O)N(c3ccc(OC)cc3)C2c2ccc(O)c(Cl)c2)cc1C(C)(C)C. The summed E-state index contributed by atoms with van der Waals surface area (Å²) in [5.41, 5.74) is 1.70. The van der Waals surface area contributed by atoms with E-state index in [2.05, 4.69) is 0 Å². The fourth-order valence-corrected chi connectivity index (χ4v) is 4.74. The van der Waals surface area contributed by atoms with Gasteiger partial charge in [-0.3, -0.25) is 14.5 Å². The number of carbonyl (C=O) groups is 2. The number of ketones is 1. The number of anilines is 1. The van der Waals surface area contributed by atoms with Crippen LogP contribution < -0.4 is 14.4 Å².